The van der Waals surface area contributed by atoms with Crippen molar-refractivity contribution in [3.8, 4) is 0 Å². The van der Waals surface area contributed by atoms with E-state index < -0.39 is 0 Å². The summed E-state index contributed by atoms with van der Waals surface area (Å²) in [5, 5.41) is 6.19. The summed E-state index contributed by atoms with van der Waals surface area (Å²) < 4.78 is 0. The minimum absolute atomic E-state index is 0.0728. The van der Waals surface area contributed by atoms with Crippen LogP contribution in [0, 0.1) is 0 Å². The molecule has 21 heavy (non-hydrogen) atoms. The Morgan fingerprint density at radius 3 is 2.52 bits per heavy atom. The Bertz CT molecular complexity index is 393. The van der Waals surface area contributed by atoms with Crippen molar-refractivity contribution in [3.05, 3.63) is 49.2 Å². The average molecular weight is 289 g/mol. The predicted octanol–water partition coefficient (Wildman–Crippen LogP) is 2.97. The molecule has 0 aromatic heterocycles. The van der Waals surface area contributed by atoms with E-state index in [0.717, 1.165) is 32.4 Å². The quantitative estimate of drug-likeness (QED) is 0.708. The molecule has 0 spiro atoms. The predicted molar refractivity (Wildman–Crippen MR) is 89.0 cm³/mol. The number of urea groups is 1. The van der Waals surface area contributed by atoms with E-state index in [1.807, 2.05) is 30.4 Å². The first kappa shape index (κ1) is 17.2. The number of nitrogens with one attached hydrogen (secondary N) is 2. The fourth-order valence-electron chi connectivity index (χ4n) is 2.21. The lowest BCUT2D eigenvalue weighted by Gasteiger charge is -2.31. The highest BCUT2D eigenvalue weighted by Gasteiger charge is 2.22. The molecule has 4 nitrogen and oxygen atoms in total. The minimum Gasteiger partial charge on any atom is -0.334 e. The number of amides is 2. The van der Waals surface area contributed by atoms with Gasteiger partial charge in [-0.2, -0.15) is 0 Å². The molecule has 1 aliphatic heterocycles. The highest BCUT2D eigenvalue weighted by atomic mass is 16.2. The van der Waals surface area contributed by atoms with Gasteiger partial charge in [0, 0.05) is 18.8 Å². The van der Waals surface area contributed by atoms with E-state index in [1.54, 1.807) is 11.1 Å². The van der Waals surface area contributed by atoms with Gasteiger partial charge in [-0.15, -0.1) is 0 Å². The largest absolute Gasteiger partial charge is 0.334 e. The second-order valence-electron chi connectivity index (χ2n) is 4.91. The third-order valence-electron chi connectivity index (χ3n) is 3.35. The van der Waals surface area contributed by atoms with Crippen LogP contribution in [0.4, 0.5) is 4.79 Å². The van der Waals surface area contributed by atoms with Gasteiger partial charge in [-0.05, 0) is 32.4 Å². The standard InChI is InChI=1S/C17H27N3O/c1-3-5-6-7-8-9-10-13-19-17(21)20(4-2)16-11-14-18-15-12-16/h4-10,16,18H,2-3,11-15H2,1H3,(H,19,21)/b6-5-,8-7-,10-9+. The first-order valence-corrected chi connectivity index (χ1v) is 7.67. The van der Waals surface area contributed by atoms with E-state index in [2.05, 4.69) is 30.2 Å². The van der Waals surface area contributed by atoms with Crippen molar-refractivity contribution in [1.82, 2.24) is 15.5 Å². The molecule has 2 N–H and O–H groups in total. The number of hydrogen-bond donors (Lipinski definition) is 2. The van der Waals surface area contributed by atoms with Crippen LogP contribution >= 0.6 is 0 Å². The molecule has 0 aromatic carbocycles. The Kier molecular flexibility index (Phi) is 8.96. The van der Waals surface area contributed by atoms with Gasteiger partial charge in [-0.1, -0.05) is 50.0 Å². The van der Waals surface area contributed by atoms with Crippen LogP contribution in [0.2, 0.25) is 0 Å². The zero-order chi connectivity index (χ0) is 15.3. The average Bonchev–Trinajstić information content (AvgIpc) is 2.52. The van der Waals surface area contributed by atoms with Crippen molar-refractivity contribution < 1.29 is 4.79 Å². The van der Waals surface area contributed by atoms with E-state index in [9.17, 15) is 4.79 Å². The molecule has 0 bridgehead atoms. The van der Waals surface area contributed by atoms with Gasteiger partial charge in [0.15, 0.2) is 0 Å². The van der Waals surface area contributed by atoms with Crippen LogP contribution in [0.1, 0.15) is 26.2 Å². The number of allylic oxidation sites excluding steroid dienone is 5. The second-order valence-corrected chi connectivity index (χ2v) is 4.91. The van der Waals surface area contributed by atoms with E-state index >= 15 is 0 Å². The lowest BCUT2D eigenvalue weighted by molar-refractivity contribution is 0.189. The Balaban J connectivity index is 2.30. The summed E-state index contributed by atoms with van der Waals surface area (Å²) in [6, 6.07) is 0.184. The van der Waals surface area contributed by atoms with E-state index in [0.29, 0.717) is 6.54 Å². The molecule has 0 atom stereocenters. The molecule has 4 heteroatoms. The van der Waals surface area contributed by atoms with Gasteiger partial charge < -0.3 is 10.6 Å². The Hall–Kier alpha value is -1.81. The van der Waals surface area contributed by atoms with Crippen molar-refractivity contribution >= 4 is 6.03 Å². The van der Waals surface area contributed by atoms with Crippen LogP contribution in [0.5, 0.6) is 0 Å². The number of nitrogens with zero attached hydrogens (tertiary/aromatic N) is 1. The zero-order valence-electron chi connectivity index (χ0n) is 12.9. The lowest BCUT2D eigenvalue weighted by atomic mass is 10.1. The summed E-state index contributed by atoms with van der Waals surface area (Å²) >= 11 is 0. The van der Waals surface area contributed by atoms with E-state index in [1.165, 1.54) is 0 Å². The molecule has 1 aliphatic rings. The fraction of sp³-hybridized carbons (Fsp3) is 0.471. The normalized spacial score (nSPS) is 16.8. The summed E-state index contributed by atoms with van der Waals surface area (Å²) in [4.78, 5) is 13.8. The maximum absolute atomic E-state index is 12.1. The summed E-state index contributed by atoms with van der Waals surface area (Å²) in [6.45, 7) is 8.29. The monoisotopic (exact) mass is 289 g/mol. The smallest absolute Gasteiger partial charge is 0.321 e. The van der Waals surface area contributed by atoms with Crippen molar-refractivity contribution in [3.63, 3.8) is 0 Å². The van der Waals surface area contributed by atoms with Crippen molar-refractivity contribution in [2.45, 2.75) is 32.2 Å². The number of hydrogen-bond acceptors (Lipinski definition) is 2. The Morgan fingerprint density at radius 1 is 1.24 bits per heavy atom. The van der Waals surface area contributed by atoms with Crippen LogP contribution in [0.25, 0.3) is 0 Å². The molecule has 0 aliphatic carbocycles. The highest BCUT2D eigenvalue weighted by molar-refractivity contribution is 5.75. The first-order chi connectivity index (χ1) is 10.3. The molecular weight excluding hydrogens is 262 g/mol. The number of rotatable bonds is 7. The maximum atomic E-state index is 12.1. The Morgan fingerprint density at radius 2 is 1.90 bits per heavy atom. The number of carbonyl (C=O) groups excluding carboxylic acids is 1. The molecule has 0 saturated carbocycles. The van der Waals surface area contributed by atoms with Gasteiger partial charge >= 0.3 is 6.03 Å². The molecule has 2 amide bonds. The second kappa shape index (κ2) is 10.9. The third-order valence-corrected chi connectivity index (χ3v) is 3.35. The third kappa shape index (κ3) is 6.95. The molecule has 1 fully saturated rings. The van der Waals surface area contributed by atoms with E-state index in [4.69, 9.17) is 0 Å². The fourth-order valence-corrected chi connectivity index (χ4v) is 2.21. The van der Waals surface area contributed by atoms with Crippen LogP contribution in [0.3, 0.4) is 0 Å². The molecule has 116 valence electrons. The van der Waals surface area contributed by atoms with Gasteiger partial charge in [0.2, 0.25) is 0 Å². The minimum atomic E-state index is -0.0728. The highest BCUT2D eigenvalue weighted by Crippen LogP contribution is 2.12. The van der Waals surface area contributed by atoms with Gasteiger partial charge in [0.05, 0.1) is 0 Å². The van der Waals surface area contributed by atoms with Crippen LogP contribution in [-0.4, -0.2) is 36.6 Å². The van der Waals surface area contributed by atoms with Crippen molar-refractivity contribution in [2.24, 2.45) is 0 Å². The summed E-state index contributed by atoms with van der Waals surface area (Å²) in [5.74, 6) is 0. The first-order valence-electron chi connectivity index (χ1n) is 7.67. The number of carbonyl (C=O) groups is 1. The van der Waals surface area contributed by atoms with Gasteiger partial charge in [0.1, 0.15) is 0 Å². The van der Waals surface area contributed by atoms with E-state index in [-0.39, 0.29) is 12.1 Å². The molecule has 0 aromatic rings. The summed E-state index contributed by atoms with van der Waals surface area (Å²) in [7, 11) is 0. The van der Waals surface area contributed by atoms with Crippen molar-refractivity contribution in [1.29, 1.82) is 0 Å². The van der Waals surface area contributed by atoms with Gasteiger partial charge in [-0.3, -0.25) is 4.90 Å². The number of piperidine rings is 1. The summed E-state index contributed by atoms with van der Waals surface area (Å²) in [5.41, 5.74) is 0. The molecule has 0 unspecified atom stereocenters. The van der Waals surface area contributed by atoms with Crippen LogP contribution in [0.15, 0.2) is 49.2 Å². The molecule has 1 rings (SSSR count). The topological polar surface area (TPSA) is 44.4 Å². The zero-order valence-corrected chi connectivity index (χ0v) is 12.9. The summed E-state index contributed by atoms with van der Waals surface area (Å²) in [6.07, 6.45) is 16.5. The molecular formula is C17H27N3O. The Labute approximate surface area is 128 Å². The van der Waals surface area contributed by atoms with Crippen LogP contribution < -0.4 is 10.6 Å². The lowest BCUT2D eigenvalue weighted by Crippen LogP contribution is -2.47. The van der Waals surface area contributed by atoms with Gasteiger partial charge in [-0.25, -0.2) is 4.79 Å². The van der Waals surface area contributed by atoms with Gasteiger partial charge in [0.25, 0.3) is 0 Å². The SMILES string of the molecule is C=CN(C(=O)NC/C=C/C=C\C=C/CC)C1CCNCC1. The molecule has 1 heterocycles. The maximum Gasteiger partial charge on any atom is 0.321 e. The molecule has 0 radical (unpaired) electrons. The molecule has 1 saturated heterocycles. The van der Waals surface area contributed by atoms with Crippen molar-refractivity contribution in [2.75, 3.05) is 19.6 Å². The van der Waals surface area contributed by atoms with Crippen LogP contribution in [-0.2, 0) is 0 Å².